The minimum absolute atomic E-state index is 0.0124. The van der Waals surface area contributed by atoms with Crippen molar-refractivity contribution in [3.05, 3.63) is 11.6 Å². The van der Waals surface area contributed by atoms with Gasteiger partial charge in [-0.1, -0.05) is 18.2 Å². The third-order valence-electron chi connectivity index (χ3n) is 1.49. The Labute approximate surface area is 97.7 Å². The van der Waals surface area contributed by atoms with Gasteiger partial charge in [0.25, 0.3) is 0 Å². The van der Waals surface area contributed by atoms with E-state index in [2.05, 4.69) is 11.9 Å². The van der Waals surface area contributed by atoms with E-state index < -0.39 is 17.9 Å². The summed E-state index contributed by atoms with van der Waals surface area (Å²) in [6, 6.07) is -0.679. The minimum Gasteiger partial charge on any atom is -0.481 e. The van der Waals surface area contributed by atoms with Crippen molar-refractivity contribution >= 4 is 29.5 Å². The van der Waals surface area contributed by atoms with Crippen LogP contribution in [0.25, 0.3) is 0 Å². The molecule has 0 bridgehead atoms. The van der Waals surface area contributed by atoms with Crippen molar-refractivity contribution < 1.29 is 19.5 Å². The molecule has 0 atom stereocenters. The van der Waals surface area contributed by atoms with Gasteiger partial charge in [0.1, 0.15) is 0 Å². The number of nitrogens with one attached hydrogen (secondary N) is 2. The lowest BCUT2D eigenvalue weighted by molar-refractivity contribution is -0.137. The number of urea groups is 1. The summed E-state index contributed by atoms with van der Waals surface area (Å²) >= 11 is 5.39. The van der Waals surface area contributed by atoms with Crippen LogP contribution in [0.3, 0.4) is 0 Å². The summed E-state index contributed by atoms with van der Waals surface area (Å²) in [6.45, 7) is 3.41. The molecule has 0 rings (SSSR count). The quantitative estimate of drug-likeness (QED) is 0.648. The van der Waals surface area contributed by atoms with Crippen LogP contribution in [0.15, 0.2) is 11.6 Å². The molecule has 7 heteroatoms. The third kappa shape index (κ3) is 9.01. The second-order valence-corrected chi connectivity index (χ2v) is 3.53. The van der Waals surface area contributed by atoms with Crippen LogP contribution < -0.4 is 10.6 Å². The standard InChI is InChI=1S/C9H13ClN2O4/c1-6(10)5-11-9(16)12-7(13)3-2-4-8(14)15/h1-5H2,(H,14,15)(H2,11,12,13,16). The molecule has 0 fully saturated rings. The highest BCUT2D eigenvalue weighted by molar-refractivity contribution is 6.29. The second-order valence-electron chi connectivity index (χ2n) is 3.00. The van der Waals surface area contributed by atoms with Crippen LogP contribution in [0.4, 0.5) is 4.79 Å². The van der Waals surface area contributed by atoms with Crippen LogP contribution in [0.2, 0.25) is 0 Å². The highest BCUT2D eigenvalue weighted by Crippen LogP contribution is 1.95. The van der Waals surface area contributed by atoms with Gasteiger partial charge >= 0.3 is 12.0 Å². The molecule has 6 nitrogen and oxygen atoms in total. The van der Waals surface area contributed by atoms with Crippen molar-refractivity contribution in [1.29, 1.82) is 0 Å². The number of aliphatic carboxylic acids is 1. The number of rotatable bonds is 6. The van der Waals surface area contributed by atoms with E-state index in [-0.39, 0.29) is 30.8 Å². The Balaban J connectivity index is 3.66. The first-order chi connectivity index (χ1) is 7.41. The van der Waals surface area contributed by atoms with Gasteiger partial charge in [-0.05, 0) is 6.42 Å². The molecule has 0 aliphatic rings. The molecule has 0 aliphatic carbocycles. The average molecular weight is 249 g/mol. The van der Waals surface area contributed by atoms with Crippen LogP contribution >= 0.6 is 11.6 Å². The number of carbonyl (C=O) groups excluding carboxylic acids is 2. The Morgan fingerprint density at radius 1 is 1.25 bits per heavy atom. The first-order valence-electron chi connectivity index (χ1n) is 4.54. The molecule has 0 radical (unpaired) electrons. The molecular formula is C9H13ClN2O4. The van der Waals surface area contributed by atoms with E-state index in [9.17, 15) is 14.4 Å². The van der Waals surface area contributed by atoms with E-state index in [1.54, 1.807) is 0 Å². The molecule has 16 heavy (non-hydrogen) atoms. The van der Waals surface area contributed by atoms with Crippen molar-refractivity contribution in [2.45, 2.75) is 19.3 Å². The molecule has 0 aromatic rings. The van der Waals surface area contributed by atoms with Crippen LogP contribution in [-0.4, -0.2) is 29.6 Å². The molecule has 0 aromatic heterocycles. The maximum atomic E-state index is 11.1. The normalized spacial score (nSPS) is 9.31. The second kappa shape index (κ2) is 7.70. The molecule has 3 N–H and O–H groups in total. The number of carboxylic acid groups (broad SMARTS) is 1. The Bertz CT molecular complexity index is 304. The SMILES string of the molecule is C=C(Cl)CNC(=O)NC(=O)CCCC(=O)O. The predicted octanol–water partition coefficient (Wildman–Crippen LogP) is 0.820. The number of imide groups is 1. The lowest BCUT2D eigenvalue weighted by Crippen LogP contribution is -2.39. The van der Waals surface area contributed by atoms with Crippen molar-refractivity contribution in [3.8, 4) is 0 Å². The van der Waals surface area contributed by atoms with E-state index in [0.29, 0.717) is 0 Å². The Hall–Kier alpha value is -1.56. The number of halogens is 1. The van der Waals surface area contributed by atoms with Crippen molar-refractivity contribution in [2.75, 3.05) is 6.54 Å². The molecule has 3 amide bonds. The number of carboxylic acids is 1. The summed E-state index contributed by atoms with van der Waals surface area (Å²) in [7, 11) is 0. The number of amides is 3. The topological polar surface area (TPSA) is 95.5 Å². The summed E-state index contributed by atoms with van der Waals surface area (Å²) in [6.07, 6.45) is 0.0751. The fraction of sp³-hybridized carbons (Fsp3) is 0.444. The largest absolute Gasteiger partial charge is 0.481 e. The summed E-state index contributed by atoms with van der Waals surface area (Å²) in [5, 5.41) is 12.9. The molecule has 0 saturated heterocycles. The molecule has 0 aromatic carbocycles. The highest BCUT2D eigenvalue weighted by Gasteiger charge is 2.07. The fourth-order valence-corrected chi connectivity index (χ4v) is 0.876. The summed E-state index contributed by atoms with van der Waals surface area (Å²) < 4.78 is 0. The van der Waals surface area contributed by atoms with Gasteiger partial charge < -0.3 is 10.4 Å². The summed E-state index contributed by atoms with van der Waals surface area (Å²) in [4.78, 5) is 32.2. The monoisotopic (exact) mass is 248 g/mol. The van der Waals surface area contributed by atoms with E-state index in [1.807, 2.05) is 5.32 Å². The molecule has 0 saturated carbocycles. The van der Waals surface area contributed by atoms with Gasteiger partial charge in [0.2, 0.25) is 5.91 Å². The lowest BCUT2D eigenvalue weighted by atomic mass is 10.2. The van der Waals surface area contributed by atoms with Crippen molar-refractivity contribution in [2.24, 2.45) is 0 Å². The van der Waals surface area contributed by atoms with Crippen LogP contribution in [0.5, 0.6) is 0 Å². The third-order valence-corrected chi connectivity index (χ3v) is 1.62. The van der Waals surface area contributed by atoms with Gasteiger partial charge in [-0.15, -0.1) is 0 Å². The predicted molar refractivity (Wildman–Crippen MR) is 58.0 cm³/mol. The number of hydrogen-bond acceptors (Lipinski definition) is 3. The molecule has 90 valence electrons. The van der Waals surface area contributed by atoms with Gasteiger partial charge in [0.15, 0.2) is 0 Å². The van der Waals surface area contributed by atoms with Crippen molar-refractivity contribution in [3.63, 3.8) is 0 Å². The van der Waals surface area contributed by atoms with Gasteiger partial charge in [-0.25, -0.2) is 4.79 Å². The van der Waals surface area contributed by atoms with Gasteiger partial charge in [-0.2, -0.15) is 0 Å². The van der Waals surface area contributed by atoms with Crippen molar-refractivity contribution in [1.82, 2.24) is 10.6 Å². The van der Waals surface area contributed by atoms with E-state index in [1.165, 1.54) is 0 Å². The highest BCUT2D eigenvalue weighted by atomic mass is 35.5. The summed E-state index contributed by atoms with van der Waals surface area (Å²) in [5.74, 6) is -1.50. The maximum absolute atomic E-state index is 11.1. The zero-order valence-electron chi connectivity index (χ0n) is 8.59. The van der Waals surface area contributed by atoms with E-state index in [4.69, 9.17) is 16.7 Å². The lowest BCUT2D eigenvalue weighted by Gasteiger charge is -2.04. The van der Waals surface area contributed by atoms with Crippen LogP contribution in [-0.2, 0) is 9.59 Å². The van der Waals surface area contributed by atoms with Gasteiger partial charge in [0, 0.05) is 17.9 Å². The molecule has 0 unspecified atom stereocenters. The molecule has 0 aliphatic heterocycles. The van der Waals surface area contributed by atoms with Crippen LogP contribution in [0.1, 0.15) is 19.3 Å². The van der Waals surface area contributed by atoms with E-state index >= 15 is 0 Å². The first kappa shape index (κ1) is 14.4. The Kier molecular flexibility index (Phi) is 6.95. The fourth-order valence-electron chi connectivity index (χ4n) is 0.810. The van der Waals surface area contributed by atoms with Gasteiger partial charge in [-0.3, -0.25) is 14.9 Å². The zero-order valence-corrected chi connectivity index (χ0v) is 9.34. The Morgan fingerprint density at radius 2 is 1.88 bits per heavy atom. The van der Waals surface area contributed by atoms with E-state index in [0.717, 1.165) is 0 Å². The summed E-state index contributed by atoms with van der Waals surface area (Å²) in [5.41, 5.74) is 0. The molecule has 0 spiro atoms. The number of hydrogen-bond donors (Lipinski definition) is 3. The minimum atomic E-state index is -0.976. The van der Waals surface area contributed by atoms with Gasteiger partial charge in [0.05, 0.1) is 6.54 Å². The molecular weight excluding hydrogens is 236 g/mol. The Morgan fingerprint density at radius 3 is 2.38 bits per heavy atom. The molecule has 0 heterocycles. The smallest absolute Gasteiger partial charge is 0.321 e. The maximum Gasteiger partial charge on any atom is 0.321 e. The first-order valence-corrected chi connectivity index (χ1v) is 4.92. The average Bonchev–Trinajstić information content (AvgIpc) is 2.14. The van der Waals surface area contributed by atoms with Crippen LogP contribution in [0, 0.1) is 0 Å². The number of carbonyl (C=O) groups is 3. The zero-order chi connectivity index (χ0) is 12.6.